The number of hydrogen-bond donors (Lipinski definition) is 1. The van der Waals surface area contributed by atoms with E-state index in [1.54, 1.807) is 12.1 Å². The van der Waals surface area contributed by atoms with Crippen LogP contribution in [-0.4, -0.2) is 47.8 Å². The lowest BCUT2D eigenvalue weighted by Crippen LogP contribution is -2.48. The van der Waals surface area contributed by atoms with Crippen molar-refractivity contribution in [2.75, 3.05) is 26.2 Å². The molecule has 0 unspecified atom stereocenters. The summed E-state index contributed by atoms with van der Waals surface area (Å²) in [6, 6.07) is 7.43. The maximum Gasteiger partial charge on any atom is 0.248 e. The fourth-order valence-electron chi connectivity index (χ4n) is 2.75. The van der Waals surface area contributed by atoms with Crippen LogP contribution in [-0.2, 0) is 11.3 Å². The van der Waals surface area contributed by atoms with Gasteiger partial charge in [-0.2, -0.15) is 0 Å². The largest absolute Gasteiger partial charge is 0.366 e. The van der Waals surface area contributed by atoms with Crippen LogP contribution >= 0.6 is 0 Å². The highest BCUT2D eigenvalue weighted by atomic mass is 16.2. The predicted octanol–water partition coefficient (Wildman–Crippen LogP) is 0.840. The van der Waals surface area contributed by atoms with Crippen molar-refractivity contribution in [1.82, 2.24) is 9.80 Å². The Morgan fingerprint density at radius 2 is 1.67 bits per heavy atom. The molecule has 1 aromatic carbocycles. The second kappa shape index (κ2) is 5.85. The van der Waals surface area contributed by atoms with Gasteiger partial charge in [0, 0.05) is 44.2 Å². The zero-order chi connectivity index (χ0) is 14.8. The number of nitrogens with two attached hydrogens (primary N) is 1. The molecule has 1 saturated heterocycles. The summed E-state index contributed by atoms with van der Waals surface area (Å²) in [5, 5.41) is 0. The molecule has 1 saturated carbocycles. The Bertz CT molecular complexity index is 529. The quantitative estimate of drug-likeness (QED) is 0.892. The van der Waals surface area contributed by atoms with Gasteiger partial charge in [-0.05, 0) is 30.5 Å². The SMILES string of the molecule is NC(=O)c1ccc(CN2CCN(C(=O)C3CC3)CC2)cc1. The van der Waals surface area contributed by atoms with Crippen molar-refractivity contribution in [2.24, 2.45) is 11.7 Å². The van der Waals surface area contributed by atoms with Crippen LogP contribution < -0.4 is 5.73 Å². The van der Waals surface area contributed by atoms with Crippen molar-refractivity contribution in [3.05, 3.63) is 35.4 Å². The third-order valence-electron chi connectivity index (χ3n) is 4.26. The lowest BCUT2D eigenvalue weighted by molar-refractivity contribution is -0.134. The van der Waals surface area contributed by atoms with Crippen LogP contribution in [0.4, 0.5) is 0 Å². The van der Waals surface area contributed by atoms with Crippen LogP contribution in [0.5, 0.6) is 0 Å². The van der Waals surface area contributed by atoms with E-state index in [0.29, 0.717) is 17.4 Å². The number of amides is 2. The number of nitrogens with zero attached hydrogens (tertiary/aromatic N) is 2. The van der Waals surface area contributed by atoms with E-state index in [4.69, 9.17) is 5.73 Å². The number of carbonyl (C=O) groups excluding carboxylic acids is 2. The van der Waals surface area contributed by atoms with Gasteiger partial charge in [0.2, 0.25) is 11.8 Å². The molecule has 21 heavy (non-hydrogen) atoms. The molecule has 1 aliphatic heterocycles. The second-order valence-electron chi connectivity index (χ2n) is 5.94. The first kappa shape index (κ1) is 14.1. The molecule has 1 aromatic rings. The lowest BCUT2D eigenvalue weighted by Gasteiger charge is -2.34. The van der Waals surface area contributed by atoms with Gasteiger partial charge < -0.3 is 10.6 Å². The molecular weight excluding hydrogens is 266 g/mol. The smallest absolute Gasteiger partial charge is 0.248 e. The summed E-state index contributed by atoms with van der Waals surface area (Å²) < 4.78 is 0. The molecular formula is C16H21N3O2. The molecule has 2 amide bonds. The number of rotatable bonds is 4. The van der Waals surface area contributed by atoms with Crippen molar-refractivity contribution in [2.45, 2.75) is 19.4 Å². The Morgan fingerprint density at radius 3 is 2.19 bits per heavy atom. The van der Waals surface area contributed by atoms with Crippen molar-refractivity contribution in [3.63, 3.8) is 0 Å². The molecule has 0 atom stereocenters. The van der Waals surface area contributed by atoms with Gasteiger partial charge in [-0.1, -0.05) is 12.1 Å². The first-order valence-electron chi connectivity index (χ1n) is 7.53. The summed E-state index contributed by atoms with van der Waals surface area (Å²) in [4.78, 5) is 27.4. The van der Waals surface area contributed by atoms with Gasteiger partial charge in [0.15, 0.2) is 0 Å². The van der Waals surface area contributed by atoms with Crippen molar-refractivity contribution < 1.29 is 9.59 Å². The van der Waals surface area contributed by atoms with Crippen LogP contribution in [0.3, 0.4) is 0 Å². The number of carbonyl (C=O) groups is 2. The Hall–Kier alpha value is -1.88. The average Bonchev–Trinajstić information content (AvgIpc) is 3.32. The summed E-state index contributed by atoms with van der Waals surface area (Å²) in [5.74, 6) is 0.270. The van der Waals surface area contributed by atoms with Crippen molar-refractivity contribution in [1.29, 1.82) is 0 Å². The van der Waals surface area contributed by atoms with Gasteiger partial charge in [0.05, 0.1) is 0 Å². The number of benzene rings is 1. The maximum atomic E-state index is 12.0. The van der Waals surface area contributed by atoms with Gasteiger partial charge in [-0.15, -0.1) is 0 Å². The zero-order valence-corrected chi connectivity index (χ0v) is 12.1. The van der Waals surface area contributed by atoms with Gasteiger partial charge in [-0.25, -0.2) is 0 Å². The summed E-state index contributed by atoms with van der Waals surface area (Å²) in [5.41, 5.74) is 6.94. The molecule has 2 aliphatic rings. The van der Waals surface area contributed by atoms with Crippen LogP contribution in [0.25, 0.3) is 0 Å². The minimum atomic E-state index is -0.395. The Labute approximate surface area is 124 Å². The minimum Gasteiger partial charge on any atom is -0.366 e. The summed E-state index contributed by atoms with van der Waals surface area (Å²) in [6.45, 7) is 4.33. The van der Waals surface area contributed by atoms with E-state index in [1.165, 1.54) is 5.56 Å². The van der Waals surface area contributed by atoms with E-state index in [9.17, 15) is 9.59 Å². The van der Waals surface area contributed by atoms with Crippen LogP contribution in [0.2, 0.25) is 0 Å². The molecule has 2 fully saturated rings. The molecule has 0 bridgehead atoms. The highest BCUT2D eigenvalue weighted by molar-refractivity contribution is 5.92. The molecule has 0 spiro atoms. The van der Waals surface area contributed by atoms with E-state index >= 15 is 0 Å². The first-order chi connectivity index (χ1) is 10.1. The molecule has 5 heteroatoms. The Balaban J connectivity index is 1.50. The predicted molar refractivity (Wildman–Crippen MR) is 79.5 cm³/mol. The van der Waals surface area contributed by atoms with E-state index < -0.39 is 5.91 Å². The molecule has 1 aliphatic carbocycles. The van der Waals surface area contributed by atoms with Gasteiger partial charge in [0.1, 0.15) is 0 Å². The standard InChI is InChI=1S/C16H21N3O2/c17-15(20)13-3-1-12(2-4-13)11-18-7-9-19(10-8-18)16(21)14-5-6-14/h1-4,14H,5-11H2,(H2,17,20). The monoisotopic (exact) mass is 287 g/mol. The lowest BCUT2D eigenvalue weighted by atomic mass is 10.1. The fraction of sp³-hybridized carbons (Fsp3) is 0.500. The van der Waals surface area contributed by atoms with E-state index in [-0.39, 0.29) is 0 Å². The molecule has 112 valence electrons. The third-order valence-corrected chi connectivity index (χ3v) is 4.26. The molecule has 1 heterocycles. The normalized spacial score (nSPS) is 19.5. The first-order valence-corrected chi connectivity index (χ1v) is 7.53. The van der Waals surface area contributed by atoms with Crippen molar-refractivity contribution in [3.8, 4) is 0 Å². The van der Waals surface area contributed by atoms with Crippen molar-refractivity contribution >= 4 is 11.8 Å². The van der Waals surface area contributed by atoms with E-state index in [1.807, 2.05) is 17.0 Å². The molecule has 5 nitrogen and oxygen atoms in total. The van der Waals surface area contributed by atoms with Crippen LogP contribution in [0.15, 0.2) is 24.3 Å². The van der Waals surface area contributed by atoms with Crippen LogP contribution in [0, 0.1) is 5.92 Å². The maximum absolute atomic E-state index is 12.0. The molecule has 3 rings (SSSR count). The fourth-order valence-corrected chi connectivity index (χ4v) is 2.75. The van der Waals surface area contributed by atoms with E-state index in [0.717, 1.165) is 45.6 Å². The third kappa shape index (κ3) is 3.42. The van der Waals surface area contributed by atoms with Gasteiger partial charge >= 0.3 is 0 Å². The second-order valence-corrected chi connectivity index (χ2v) is 5.94. The highest BCUT2D eigenvalue weighted by Crippen LogP contribution is 2.31. The molecule has 0 aromatic heterocycles. The summed E-state index contributed by atoms with van der Waals surface area (Å²) in [6.07, 6.45) is 2.15. The minimum absolute atomic E-state index is 0.317. The Kier molecular flexibility index (Phi) is 3.92. The number of piperazine rings is 1. The summed E-state index contributed by atoms with van der Waals surface area (Å²) in [7, 11) is 0. The topological polar surface area (TPSA) is 66.6 Å². The van der Waals surface area contributed by atoms with E-state index in [2.05, 4.69) is 4.90 Å². The van der Waals surface area contributed by atoms with Gasteiger partial charge in [-0.3, -0.25) is 14.5 Å². The molecule has 0 radical (unpaired) electrons. The number of primary amides is 1. The highest BCUT2D eigenvalue weighted by Gasteiger charge is 2.34. The Morgan fingerprint density at radius 1 is 1.05 bits per heavy atom. The van der Waals surface area contributed by atoms with Crippen LogP contribution in [0.1, 0.15) is 28.8 Å². The molecule has 2 N–H and O–H groups in total. The zero-order valence-electron chi connectivity index (χ0n) is 12.1. The summed E-state index contributed by atoms with van der Waals surface area (Å²) >= 11 is 0. The van der Waals surface area contributed by atoms with Gasteiger partial charge in [0.25, 0.3) is 0 Å². The number of hydrogen-bond acceptors (Lipinski definition) is 3. The average molecular weight is 287 g/mol.